The maximum atomic E-state index is 12.6. The first kappa shape index (κ1) is 16.3. The first-order valence-corrected chi connectivity index (χ1v) is 7.63. The van der Waals surface area contributed by atoms with Gasteiger partial charge in [0.2, 0.25) is 5.91 Å². The number of carbonyl (C=O) groups excluding carboxylic acids is 2. The zero-order chi connectivity index (χ0) is 16.6. The van der Waals surface area contributed by atoms with Gasteiger partial charge in [-0.25, -0.2) is 4.79 Å². The van der Waals surface area contributed by atoms with Crippen molar-refractivity contribution in [3.63, 3.8) is 0 Å². The minimum atomic E-state index is -0.652. The van der Waals surface area contributed by atoms with Gasteiger partial charge >= 0.3 is 5.97 Å². The van der Waals surface area contributed by atoms with E-state index < -0.39 is 6.04 Å². The van der Waals surface area contributed by atoms with Crippen LogP contribution in [0.15, 0.2) is 12.1 Å². The highest BCUT2D eigenvalue weighted by Gasteiger charge is 2.36. The molecule has 0 aliphatic carbocycles. The number of nitrogens with zero attached hydrogens (tertiary/aromatic N) is 1. The van der Waals surface area contributed by atoms with E-state index in [1.807, 2.05) is 26.0 Å². The monoisotopic (exact) mass is 304 g/mol. The molecule has 0 spiro atoms. The third-order valence-corrected chi connectivity index (χ3v) is 3.93. The number of ether oxygens (including phenoxy) is 1. The first-order valence-electron chi connectivity index (χ1n) is 7.63. The lowest BCUT2D eigenvalue weighted by Crippen LogP contribution is -2.53. The maximum Gasteiger partial charge on any atom is 0.329 e. The van der Waals surface area contributed by atoms with Gasteiger partial charge in [0.15, 0.2) is 0 Å². The van der Waals surface area contributed by atoms with Gasteiger partial charge in [-0.2, -0.15) is 0 Å². The van der Waals surface area contributed by atoms with Crippen LogP contribution in [0.25, 0.3) is 0 Å². The molecule has 0 saturated heterocycles. The molecule has 1 aromatic rings. The van der Waals surface area contributed by atoms with Crippen LogP contribution in [-0.4, -0.2) is 30.1 Å². The molecule has 1 heterocycles. The molecule has 1 aromatic carbocycles. The summed E-state index contributed by atoms with van der Waals surface area (Å²) in [5, 5.41) is 3.20. The Balaban J connectivity index is 2.44. The average Bonchev–Trinajstić information content (AvgIpc) is 2.41. The standard InChI is InChI=1S/C17H24N2O3/c1-9(2)22-17(21)13(6)19-15-8-11(4)10(3)7-14(15)18-12(5)16(19)20/h7-9,12-13,18H,1-6H3. The van der Waals surface area contributed by atoms with E-state index in [9.17, 15) is 9.59 Å². The van der Waals surface area contributed by atoms with Gasteiger partial charge in [-0.05, 0) is 64.8 Å². The number of aryl methyl sites for hydroxylation is 2. The van der Waals surface area contributed by atoms with Gasteiger partial charge in [-0.3, -0.25) is 9.69 Å². The fourth-order valence-corrected chi connectivity index (χ4v) is 2.57. The molecule has 0 radical (unpaired) electrons. The molecule has 1 aliphatic heterocycles. The lowest BCUT2D eigenvalue weighted by Gasteiger charge is -2.37. The number of carbonyl (C=O) groups is 2. The molecular weight excluding hydrogens is 280 g/mol. The predicted molar refractivity (Wildman–Crippen MR) is 87.2 cm³/mol. The maximum absolute atomic E-state index is 12.6. The second-order valence-electron chi connectivity index (χ2n) is 6.19. The molecule has 22 heavy (non-hydrogen) atoms. The molecule has 2 unspecified atom stereocenters. The average molecular weight is 304 g/mol. The van der Waals surface area contributed by atoms with Crippen LogP contribution in [0.4, 0.5) is 11.4 Å². The summed E-state index contributed by atoms with van der Waals surface area (Å²) in [7, 11) is 0. The second kappa shape index (κ2) is 5.99. The van der Waals surface area contributed by atoms with Crippen molar-refractivity contribution in [1.82, 2.24) is 0 Å². The summed E-state index contributed by atoms with van der Waals surface area (Å²) >= 11 is 0. The number of hydrogen-bond acceptors (Lipinski definition) is 4. The van der Waals surface area contributed by atoms with Crippen LogP contribution in [0.5, 0.6) is 0 Å². The third-order valence-electron chi connectivity index (χ3n) is 3.93. The Morgan fingerprint density at radius 2 is 1.82 bits per heavy atom. The van der Waals surface area contributed by atoms with Crippen molar-refractivity contribution in [2.24, 2.45) is 0 Å². The third kappa shape index (κ3) is 2.93. The smallest absolute Gasteiger partial charge is 0.329 e. The van der Waals surface area contributed by atoms with E-state index in [-0.39, 0.29) is 24.0 Å². The number of anilines is 2. The minimum Gasteiger partial charge on any atom is -0.461 e. The summed E-state index contributed by atoms with van der Waals surface area (Å²) in [5.41, 5.74) is 3.83. The van der Waals surface area contributed by atoms with Gasteiger partial charge in [-0.1, -0.05) is 0 Å². The van der Waals surface area contributed by atoms with Crippen molar-refractivity contribution in [2.45, 2.75) is 59.7 Å². The van der Waals surface area contributed by atoms with E-state index >= 15 is 0 Å². The fraction of sp³-hybridized carbons (Fsp3) is 0.529. The van der Waals surface area contributed by atoms with E-state index in [1.54, 1.807) is 32.6 Å². The Morgan fingerprint density at radius 3 is 2.41 bits per heavy atom. The van der Waals surface area contributed by atoms with Gasteiger partial charge in [0.05, 0.1) is 17.5 Å². The summed E-state index contributed by atoms with van der Waals surface area (Å²) in [6, 6.07) is 2.94. The summed E-state index contributed by atoms with van der Waals surface area (Å²) in [6.45, 7) is 11.1. The second-order valence-corrected chi connectivity index (χ2v) is 6.19. The molecular formula is C17H24N2O3. The molecule has 5 nitrogen and oxygen atoms in total. The molecule has 0 fully saturated rings. The Bertz CT molecular complexity index is 610. The minimum absolute atomic E-state index is 0.121. The SMILES string of the molecule is Cc1cc2c(cc1C)N(C(C)C(=O)OC(C)C)C(=O)C(C)N2. The van der Waals surface area contributed by atoms with Crippen molar-refractivity contribution in [2.75, 3.05) is 10.2 Å². The number of fused-ring (bicyclic) bond motifs is 1. The highest BCUT2D eigenvalue weighted by Crippen LogP contribution is 2.35. The molecule has 120 valence electrons. The normalized spacial score (nSPS) is 18.8. The van der Waals surface area contributed by atoms with E-state index in [1.165, 1.54) is 0 Å². The summed E-state index contributed by atoms with van der Waals surface area (Å²) in [4.78, 5) is 26.4. The molecule has 1 aliphatic rings. The molecule has 1 amide bonds. The quantitative estimate of drug-likeness (QED) is 0.872. The van der Waals surface area contributed by atoms with Crippen LogP contribution < -0.4 is 10.2 Å². The highest BCUT2D eigenvalue weighted by molar-refractivity contribution is 6.08. The lowest BCUT2D eigenvalue weighted by atomic mass is 10.0. The van der Waals surface area contributed by atoms with Crippen molar-refractivity contribution < 1.29 is 14.3 Å². The summed E-state index contributed by atoms with van der Waals surface area (Å²) in [5.74, 6) is -0.509. The van der Waals surface area contributed by atoms with Gasteiger partial charge in [0.1, 0.15) is 12.1 Å². The number of nitrogens with one attached hydrogen (secondary N) is 1. The van der Waals surface area contributed by atoms with Gasteiger partial charge in [0.25, 0.3) is 0 Å². The molecule has 0 saturated carbocycles. The molecule has 2 atom stereocenters. The van der Waals surface area contributed by atoms with Gasteiger partial charge in [0, 0.05) is 0 Å². The van der Waals surface area contributed by atoms with Gasteiger partial charge < -0.3 is 10.1 Å². The Hall–Kier alpha value is -2.04. The van der Waals surface area contributed by atoms with Crippen LogP contribution in [-0.2, 0) is 14.3 Å². The Labute approximate surface area is 131 Å². The van der Waals surface area contributed by atoms with Crippen molar-refractivity contribution in [1.29, 1.82) is 0 Å². The number of benzene rings is 1. The topological polar surface area (TPSA) is 58.6 Å². The fourth-order valence-electron chi connectivity index (χ4n) is 2.57. The van der Waals surface area contributed by atoms with Crippen LogP contribution in [0, 0.1) is 13.8 Å². The van der Waals surface area contributed by atoms with Crippen LogP contribution >= 0.6 is 0 Å². The zero-order valence-electron chi connectivity index (χ0n) is 14.1. The van der Waals surface area contributed by atoms with E-state index in [4.69, 9.17) is 4.74 Å². The van der Waals surface area contributed by atoms with Gasteiger partial charge in [-0.15, -0.1) is 0 Å². The molecule has 0 aromatic heterocycles. The largest absolute Gasteiger partial charge is 0.461 e. The molecule has 1 N–H and O–H groups in total. The van der Waals surface area contributed by atoms with Crippen molar-refractivity contribution in [3.05, 3.63) is 23.3 Å². The molecule has 2 rings (SSSR count). The van der Waals surface area contributed by atoms with E-state index in [0.717, 1.165) is 22.5 Å². The Morgan fingerprint density at radius 1 is 1.23 bits per heavy atom. The summed E-state index contributed by atoms with van der Waals surface area (Å²) < 4.78 is 5.26. The van der Waals surface area contributed by atoms with Crippen molar-refractivity contribution in [3.8, 4) is 0 Å². The van der Waals surface area contributed by atoms with Crippen LogP contribution in [0.2, 0.25) is 0 Å². The first-order chi connectivity index (χ1) is 10.2. The summed E-state index contributed by atoms with van der Waals surface area (Å²) in [6.07, 6.45) is -0.204. The molecule has 5 heteroatoms. The zero-order valence-corrected chi connectivity index (χ0v) is 14.1. The predicted octanol–water partition coefficient (Wildman–Crippen LogP) is 2.79. The lowest BCUT2D eigenvalue weighted by molar-refractivity contribution is -0.149. The van der Waals surface area contributed by atoms with E-state index in [2.05, 4.69) is 5.32 Å². The Kier molecular flexibility index (Phi) is 4.44. The molecule has 0 bridgehead atoms. The highest BCUT2D eigenvalue weighted by atomic mass is 16.5. The van der Waals surface area contributed by atoms with E-state index in [0.29, 0.717) is 0 Å². The number of esters is 1. The number of rotatable bonds is 3. The van der Waals surface area contributed by atoms with Crippen LogP contribution in [0.3, 0.4) is 0 Å². The number of amides is 1. The van der Waals surface area contributed by atoms with Crippen LogP contribution in [0.1, 0.15) is 38.8 Å². The van der Waals surface area contributed by atoms with Crippen molar-refractivity contribution >= 4 is 23.3 Å². The number of hydrogen-bond donors (Lipinski definition) is 1.